The third-order valence-electron chi connectivity index (χ3n) is 3.59. The molecule has 0 fully saturated rings. The molecule has 1 aliphatic heterocycles. The molecule has 1 aromatic heterocycles. The average molecular weight is 258 g/mol. The largest absolute Gasteiger partial charge is 0.383 e. The molecule has 0 bridgehead atoms. The second kappa shape index (κ2) is 5.50. The maximum atomic E-state index is 5.13. The van der Waals surface area contributed by atoms with Crippen molar-refractivity contribution in [2.24, 2.45) is 0 Å². The lowest BCUT2D eigenvalue weighted by Gasteiger charge is -2.26. The molecule has 19 heavy (non-hydrogen) atoms. The van der Waals surface area contributed by atoms with Crippen LogP contribution in [0.1, 0.15) is 22.9 Å². The van der Waals surface area contributed by atoms with E-state index in [1.165, 1.54) is 11.1 Å². The fourth-order valence-electron chi connectivity index (χ4n) is 2.62. The highest BCUT2D eigenvalue weighted by molar-refractivity contribution is 5.36. The van der Waals surface area contributed by atoms with Gasteiger partial charge in [0.25, 0.3) is 0 Å². The highest BCUT2D eigenvalue weighted by Gasteiger charge is 2.25. The molecule has 0 saturated carbocycles. The smallest absolute Gasteiger partial charge is 0.141 e. The van der Waals surface area contributed by atoms with Crippen molar-refractivity contribution in [1.29, 1.82) is 0 Å². The summed E-state index contributed by atoms with van der Waals surface area (Å²) in [5.74, 6) is 1.28. The van der Waals surface area contributed by atoms with Crippen molar-refractivity contribution in [3.63, 3.8) is 0 Å². The van der Waals surface area contributed by atoms with Crippen molar-refractivity contribution in [3.8, 4) is 0 Å². The number of ether oxygens (including phenoxy) is 1. The fourth-order valence-corrected chi connectivity index (χ4v) is 2.62. The van der Waals surface area contributed by atoms with Crippen molar-refractivity contribution < 1.29 is 4.74 Å². The second-order valence-electron chi connectivity index (χ2n) is 4.76. The number of benzene rings is 1. The zero-order valence-corrected chi connectivity index (χ0v) is 11.0. The first kappa shape index (κ1) is 12.3. The SMILES string of the molecule is COCCn1cnnc1C1CNCc2ccccc21. The van der Waals surface area contributed by atoms with Crippen LogP contribution in [0.3, 0.4) is 0 Å². The molecule has 2 aromatic rings. The maximum absolute atomic E-state index is 5.13. The van der Waals surface area contributed by atoms with E-state index in [4.69, 9.17) is 4.74 Å². The van der Waals surface area contributed by atoms with E-state index in [0.717, 1.165) is 25.5 Å². The Hall–Kier alpha value is -1.72. The quantitative estimate of drug-likeness (QED) is 0.894. The summed E-state index contributed by atoms with van der Waals surface area (Å²) in [4.78, 5) is 0. The van der Waals surface area contributed by atoms with Crippen LogP contribution in [-0.2, 0) is 17.8 Å². The van der Waals surface area contributed by atoms with Crippen LogP contribution in [0.25, 0.3) is 0 Å². The zero-order chi connectivity index (χ0) is 13.1. The molecular formula is C14H18N4O. The normalized spacial score (nSPS) is 18.3. The highest BCUT2D eigenvalue weighted by atomic mass is 16.5. The van der Waals surface area contributed by atoms with Crippen LogP contribution in [0.15, 0.2) is 30.6 Å². The van der Waals surface area contributed by atoms with Gasteiger partial charge in [-0.15, -0.1) is 10.2 Å². The molecule has 1 aromatic carbocycles. The molecule has 0 radical (unpaired) electrons. The molecule has 0 aliphatic carbocycles. The summed E-state index contributed by atoms with van der Waals surface area (Å²) in [6.07, 6.45) is 1.78. The van der Waals surface area contributed by atoms with Gasteiger partial charge in [0.15, 0.2) is 0 Å². The minimum absolute atomic E-state index is 0.268. The first-order valence-corrected chi connectivity index (χ1v) is 6.55. The number of hydrogen-bond acceptors (Lipinski definition) is 4. The van der Waals surface area contributed by atoms with Gasteiger partial charge in [0, 0.05) is 26.7 Å². The Morgan fingerprint density at radius 1 is 1.42 bits per heavy atom. The predicted octanol–water partition coefficient (Wildman–Crippen LogP) is 1.16. The first-order valence-electron chi connectivity index (χ1n) is 6.55. The molecule has 0 saturated heterocycles. The van der Waals surface area contributed by atoms with E-state index in [0.29, 0.717) is 6.61 Å². The molecule has 2 heterocycles. The minimum Gasteiger partial charge on any atom is -0.383 e. The van der Waals surface area contributed by atoms with Crippen LogP contribution < -0.4 is 5.32 Å². The summed E-state index contributed by atoms with van der Waals surface area (Å²) >= 11 is 0. The van der Waals surface area contributed by atoms with Crippen molar-refractivity contribution in [2.75, 3.05) is 20.3 Å². The van der Waals surface area contributed by atoms with Gasteiger partial charge in [0.05, 0.1) is 12.5 Å². The van der Waals surface area contributed by atoms with Crippen molar-refractivity contribution in [1.82, 2.24) is 20.1 Å². The third kappa shape index (κ3) is 2.39. The van der Waals surface area contributed by atoms with Gasteiger partial charge in [0.1, 0.15) is 12.2 Å². The summed E-state index contributed by atoms with van der Waals surface area (Å²) < 4.78 is 7.22. The molecule has 100 valence electrons. The molecule has 0 amide bonds. The molecule has 3 rings (SSSR count). The molecule has 1 N–H and O–H groups in total. The van der Waals surface area contributed by atoms with Gasteiger partial charge in [-0.25, -0.2) is 0 Å². The monoisotopic (exact) mass is 258 g/mol. The third-order valence-corrected chi connectivity index (χ3v) is 3.59. The lowest BCUT2D eigenvalue weighted by molar-refractivity contribution is 0.186. The maximum Gasteiger partial charge on any atom is 0.141 e. The molecule has 1 unspecified atom stereocenters. The Labute approximate surface area is 112 Å². The highest BCUT2D eigenvalue weighted by Crippen LogP contribution is 2.28. The number of hydrogen-bond donors (Lipinski definition) is 1. The van der Waals surface area contributed by atoms with Crippen molar-refractivity contribution >= 4 is 0 Å². The van der Waals surface area contributed by atoms with E-state index in [9.17, 15) is 0 Å². The molecule has 1 aliphatic rings. The van der Waals surface area contributed by atoms with Gasteiger partial charge in [-0.05, 0) is 11.1 Å². The number of aromatic nitrogens is 3. The fraction of sp³-hybridized carbons (Fsp3) is 0.429. The molecule has 0 spiro atoms. The number of rotatable bonds is 4. The Balaban J connectivity index is 1.93. The van der Waals surface area contributed by atoms with Gasteiger partial charge in [-0.1, -0.05) is 24.3 Å². The summed E-state index contributed by atoms with van der Waals surface area (Å²) in [5, 5.41) is 11.8. The van der Waals surface area contributed by atoms with Crippen LogP contribution in [0.2, 0.25) is 0 Å². The van der Waals surface area contributed by atoms with E-state index in [1.54, 1.807) is 13.4 Å². The van der Waals surface area contributed by atoms with E-state index in [-0.39, 0.29) is 5.92 Å². The summed E-state index contributed by atoms with van der Waals surface area (Å²) in [6.45, 7) is 3.30. The second-order valence-corrected chi connectivity index (χ2v) is 4.76. The Morgan fingerprint density at radius 2 is 2.32 bits per heavy atom. The lowest BCUT2D eigenvalue weighted by Crippen LogP contribution is -2.30. The van der Waals surface area contributed by atoms with Gasteiger partial charge in [-0.3, -0.25) is 0 Å². The van der Waals surface area contributed by atoms with Crippen LogP contribution in [0.4, 0.5) is 0 Å². The molecule has 5 heteroatoms. The number of nitrogens with one attached hydrogen (secondary N) is 1. The Kier molecular flexibility index (Phi) is 3.57. The van der Waals surface area contributed by atoms with Crippen LogP contribution >= 0.6 is 0 Å². The Morgan fingerprint density at radius 3 is 3.21 bits per heavy atom. The number of methoxy groups -OCH3 is 1. The van der Waals surface area contributed by atoms with Gasteiger partial charge in [0.2, 0.25) is 0 Å². The zero-order valence-electron chi connectivity index (χ0n) is 11.0. The van der Waals surface area contributed by atoms with Gasteiger partial charge >= 0.3 is 0 Å². The van der Waals surface area contributed by atoms with E-state index in [2.05, 4.69) is 44.3 Å². The molecule has 1 atom stereocenters. The van der Waals surface area contributed by atoms with Gasteiger partial charge in [-0.2, -0.15) is 0 Å². The topological polar surface area (TPSA) is 52.0 Å². The van der Waals surface area contributed by atoms with Crippen molar-refractivity contribution in [3.05, 3.63) is 47.5 Å². The summed E-state index contributed by atoms with van der Waals surface area (Å²) in [6, 6.07) is 8.53. The standard InChI is InChI=1S/C14H18N4O/c1-19-7-6-18-10-16-17-14(18)13-9-15-8-11-4-2-3-5-12(11)13/h2-5,10,13,15H,6-9H2,1H3. The van der Waals surface area contributed by atoms with Crippen molar-refractivity contribution in [2.45, 2.75) is 19.0 Å². The molecule has 5 nitrogen and oxygen atoms in total. The van der Waals surface area contributed by atoms with E-state index < -0.39 is 0 Å². The summed E-state index contributed by atoms with van der Waals surface area (Å²) in [5.41, 5.74) is 2.70. The Bertz CT molecular complexity index is 552. The van der Waals surface area contributed by atoms with E-state index >= 15 is 0 Å². The predicted molar refractivity (Wildman–Crippen MR) is 71.9 cm³/mol. The van der Waals surface area contributed by atoms with Crippen LogP contribution in [-0.4, -0.2) is 35.0 Å². The number of nitrogens with zero attached hydrogens (tertiary/aromatic N) is 3. The minimum atomic E-state index is 0.268. The van der Waals surface area contributed by atoms with Crippen LogP contribution in [0, 0.1) is 0 Å². The number of fused-ring (bicyclic) bond motifs is 1. The van der Waals surface area contributed by atoms with E-state index in [1.807, 2.05) is 0 Å². The average Bonchev–Trinajstić information content (AvgIpc) is 2.92. The molecular weight excluding hydrogens is 240 g/mol. The van der Waals surface area contributed by atoms with Gasteiger partial charge < -0.3 is 14.6 Å². The lowest BCUT2D eigenvalue weighted by atomic mass is 9.90. The van der Waals surface area contributed by atoms with Crippen LogP contribution in [0.5, 0.6) is 0 Å². The summed E-state index contributed by atoms with van der Waals surface area (Å²) in [7, 11) is 1.71. The first-order chi connectivity index (χ1) is 9.40.